The van der Waals surface area contributed by atoms with Crippen molar-refractivity contribution >= 4 is 0 Å². The average molecular weight is 277 g/mol. The van der Waals surface area contributed by atoms with Crippen LogP contribution in [0, 0.1) is 5.92 Å². The highest BCUT2D eigenvalue weighted by molar-refractivity contribution is 5.31. The zero-order valence-corrected chi connectivity index (χ0v) is 12.7. The van der Waals surface area contributed by atoms with Crippen molar-refractivity contribution < 1.29 is 9.47 Å². The van der Waals surface area contributed by atoms with E-state index < -0.39 is 0 Å². The number of rotatable bonds is 7. The first kappa shape index (κ1) is 15.5. The number of fused-ring (bicyclic) bond motifs is 1. The van der Waals surface area contributed by atoms with Crippen molar-refractivity contribution in [2.45, 2.75) is 31.7 Å². The maximum absolute atomic E-state index is 5.65. The highest BCUT2D eigenvalue weighted by atomic mass is 16.5. The monoisotopic (exact) mass is 277 g/mol. The molecule has 2 atom stereocenters. The van der Waals surface area contributed by atoms with Crippen LogP contribution in [0.4, 0.5) is 0 Å². The van der Waals surface area contributed by atoms with Gasteiger partial charge in [-0.15, -0.1) is 0 Å². The molecule has 1 N–H and O–H groups in total. The van der Waals surface area contributed by atoms with Crippen LogP contribution in [0.25, 0.3) is 0 Å². The van der Waals surface area contributed by atoms with E-state index in [0.29, 0.717) is 25.2 Å². The first-order valence-electron chi connectivity index (χ1n) is 7.68. The summed E-state index contributed by atoms with van der Waals surface area (Å²) in [5, 5.41) is 3.52. The summed E-state index contributed by atoms with van der Waals surface area (Å²) < 4.78 is 10.7. The molecule has 0 aromatic heterocycles. The van der Waals surface area contributed by atoms with Crippen LogP contribution >= 0.6 is 0 Å². The quantitative estimate of drug-likeness (QED) is 0.614. The summed E-state index contributed by atoms with van der Waals surface area (Å²) in [7, 11) is 3.79. The number of ether oxygens (including phenoxy) is 2. The molecule has 3 nitrogen and oxygen atoms in total. The summed E-state index contributed by atoms with van der Waals surface area (Å²) in [6, 6.07) is 9.32. The van der Waals surface area contributed by atoms with E-state index >= 15 is 0 Å². The minimum atomic E-state index is 0.458. The van der Waals surface area contributed by atoms with Crippen LogP contribution in [0.2, 0.25) is 0 Å². The van der Waals surface area contributed by atoms with E-state index in [-0.39, 0.29) is 0 Å². The van der Waals surface area contributed by atoms with Crippen LogP contribution in [0.1, 0.15) is 36.4 Å². The highest BCUT2D eigenvalue weighted by Gasteiger charge is 2.25. The molecule has 1 aromatic rings. The van der Waals surface area contributed by atoms with Crippen molar-refractivity contribution in [3.05, 3.63) is 35.4 Å². The van der Waals surface area contributed by atoms with Gasteiger partial charge in [-0.3, -0.25) is 0 Å². The summed E-state index contributed by atoms with van der Waals surface area (Å²) >= 11 is 0. The predicted molar refractivity (Wildman–Crippen MR) is 82.0 cm³/mol. The third-order valence-electron chi connectivity index (χ3n) is 4.26. The molecule has 0 heterocycles. The lowest BCUT2D eigenvalue weighted by Crippen LogP contribution is -2.26. The van der Waals surface area contributed by atoms with Gasteiger partial charge in [0, 0.05) is 19.8 Å². The Morgan fingerprint density at radius 1 is 1.20 bits per heavy atom. The van der Waals surface area contributed by atoms with E-state index in [1.807, 2.05) is 0 Å². The third kappa shape index (κ3) is 4.05. The number of methoxy groups -OCH3 is 1. The Labute approximate surface area is 122 Å². The van der Waals surface area contributed by atoms with E-state index in [2.05, 4.69) is 36.6 Å². The smallest absolute Gasteiger partial charge is 0.0700 e. The molecule has 112 valence electrons. The van der Waals surface area contributed by atoms with Crippen molar-refractivity contribution in [1.29, 1.82) is 0 Å². The Morgan fingerprint density at radius 2 is 2.05 bits per heavy atom. The zero-order valence-electron chi connectivity index (χ0n) is 12.7. The van der Waals surface area contributed by atoms with Crippen molar-refractivity contribution in [3.63, 3.8) is 0 Å². The predicted octanol–water partition coefficient (Wildman–Crippen LogP) is 2.95. The molecule has 0 radical (unpaired) electrons. The Bertz CT molecular complexity index is 394. The minimum Gasteiger partial charge on any atom is -0.382 e. The number of nitrogens with one attached hydrogen (secondary N) is 1. The average Bonchev–Trinajstić information content (AvgIpc) is 2.65. The zero-order chi connectivity index (χ0) is 14.2. The fraction of sp³-hybridized carbons (Fsp3) is 0.647. The van der Waals surface area contributed by atoms with Gasteiger partial charge in [-0.2, -0.15) is 0 Å². The largest absolute Gasteiger partial charge is 0.382 e. The van der Waals surface area contributed by atoms with Gasteiger partial charge >= 0.3 is 0 Å². The van der Waals surface area contributed by atoms with Gasteiger partial charge in [-0.1, -0.05) is 24.3 Å². The summed E-state index contributed by atoms with van der Waals surface area (Å²) in [6.45, 7) is 2.21. The van der Waals surface area contributed by atoms with Crippen molar-refractivity contribution in [3.8, 4) is 0 Å². The van der Waals surface area contributed by atoms with Gasteiger partial charge in [-0.05, 0) is 49.8 Å². The van der Waals surface area contributed by atoms with Crippen LogP contribution in [0.5, 0.6) is 0 Å². The second-order valence-electron chi connectivity index (χ2n) is 5.51. The first-order valence-corrected chi connectivity index (χ1v) is 7.68. The molecule has 0 saturated heterocycles. The van der Waals surface area contributed by atoms with E-state index in [1.54, 1.807) is 7.11 Å². The second-order valence-corrected chi connectivity index (χ2v) is 5.51. The Balaban J connectivity index is 1.95. The van der Waals surface area contributed by atoms with Crippen LogP contribution < -0.4 is 5.32 Å². The third-order valence-corrected chi connectivity index (χ3v) is 4.26. The van der Waals surface area contributed by atoms with Crippen molar-refractivity contribution in [2.24, 2.45) is 5.92 Å². The van der Waals surface area contributed by atoms with Gasteiger partial charge in [0.15, 0.2) is 0 Å². The van der Waals surface area contributed by atoms with Crippen LogP contribution in [0.15, 0.2) is 24.3 Å². The second kappa shape index (κ2) is 8.40. The van der Waals surface area contributed by atoms with Crippen molar-refractivity contribution in [2.75, 3.05) is 34.0 Å². The first-order chi connectivity index (χ1) is 9.86. The topological polar surface area (TPSA) is 30.5 Å². The van der Waals surface area contributed by atoms with Gasteiger partial charge in [0.25, 0.3) is 0 Å². The van der Waals surface area contributed by atoms with E-state index in [0.717, 1.165) is 13.0 Å². The van der Waals surface area contributed by atoms with Gasteiger partial charge in [-0.25, -0.2) is 0 Å². The molecular formula is C17H27NO2. The summed E-state index contributed by atoms with van der Waals surface area (Å²) in [4.78, 5) is 0. The van der Waals surface area contributed by atoms with Crippen molar-refractivity contribution in [1.82, 2.24) is 5.32 Å². The minimum absolute atomic E-state index is 0.458. The van der Waals surface area contributed by atoms with Crippen LogP contribution in [-0.2, 0) is 15.9 Å². The standard InChI is InChI=1S/C17H27NO2/c1-18-17-15(10-11-20-13-12-19-2)8-5-7-14-6-3-4-9-16(14)17/h3-4,6,9,15,17-18H,5,7-8,10-13H2,1-2H3. The van der Waals surface area contributed by atoms with E-state index in [9.17, 15) is 0 Å². The van der Waals surface area contributed by atoms with Gasteiger partial charge in [0.2, 0.25) is 0 Å². The molecule has 0 bridgehead atoms. The fourth-order valence-corrected chi connectivity index (χ4v) is 3.22. The Hall–Kier alpha value is -0.900. The molecule has 1 aliphatic carbocycles. The molecule has 0 aliphatic heterocycles. The number of benzene rings is 1. The molecule has 0 fully saturated rings. The summed E-state index contributed by atoms with van der Waals surface area (Å²) in [5.41, 5.74) is 2.99. The summed E-state index contributed by atoms with van der Waals surface area (Å²) in [5.74, 6) is 0.659. The maximum Gasteiger partial charge on any atom is 0.0700 e. The van der Waals surface area contributed by atoms with Crippen LogP contribution in [-0.4, -0.2) is 34.0 Å². The van der Waals surface area contributed by atoms with Crippen LogP contribution in [0.3, 0.4) is 0 Å². The molecule has 0 spiro atoms. The maximum atomic E-state index is 5.65. The summed E-state index contributed by atoms with van der Waals surface area (Å²) in [6.07, 6.45) is 4.87. The molecular weight excluding hydrogens is 250 g/mol. The van der Waals surface area contributed by atoms with E-state index in [1.165, 1.54) is 30.4 Å². The molecule has 0 saturated carbocycles. The Morgan fingerprint density at radius 3 is 2.85 bits per heavy atom. The molecule has 2 rings (SSSR count). The number of hydrogen-bond donors (Lipinski definition) is 1. The fourth-order valence-electron chi connectivity index (χ4n) is 3.22. The SMILES string of the molecule is CNC1c2ccccc2CCCC1CCOCCOC. The lowest BCUT2D eigenvalue weighted by Gasteiger charge is -2.26. The van der Waals surface area contributed by atoms with E-state index in [4.69, 9.17) is 9.47 Å². The molecule has 2 unspecified atom stereocenters. The number of aryl methyl sites for hydroxylation is 1. The molecule has 1 aromatic carbocycles. The molecule has 1 aliphatic rings. The van der Waals surface area contributed by atoms with Gasteiger partial charge in [0.1, 0.15) is 0 Å². The molecule has 0 amide bonds. The normalized spacial score (nSPS) is 22.3. The van der Waals surface area contributed by atoms with Gasteiger partial charge < -0.3 is 14.8 Å². The molecule has 3 heteroatoms. The highest BCUT2D eigenvalue weighted by Crippen LogP contribution is 2.34. The lowest BCUT2D eigenvalue weighted by molar-refractivity contribution is 0.0606. The Kier molecular flexibility index (Phi) is 6.51. The lowest BCUT2D eigenvalue weighted by atomic mass is 9.88. The molecule has 20 heavy (non-hydrogen) atoms. The number of hydrogen-bond acceptors (Lipinski definition) is 3. The van der Waals surface area contributed by atoms with Gasteiger partial charge in [0.05, 0.1) is 13.2 Å².